The molecule has 1 aromatic carbocycles. The summed E-state index contributed by atoms with van der Waals surface area (Å²) < 4.78 is 5.41. The van der Waals surface area contributed by atoms with Gasteiger partial charge < -0.3 is 5.32 Å². The highest BCUT2D eigenvalue weighted by Gasteiger charge is 2.16. The largest absolute Gasteiger partial charge is 0.305 e. The van der Waals surface area contributed by atoms with E-state index in [2.05, 4.69) is 20.0 Å². The van der Waals surface area contributed by atoms with Crippen molar-refractivity contribution < 1.29 is 4.79 Å². The summed E-state index contributed by atoms with van der Waals surface area (Å²) in [6.45, 7) is 0. The first-order valence-corrected chi connectivity index (χ1v) is 8.05. The molecule has 2 aromatic heterocycles. The minimum Gasteiger partial charge on any atom is -0.305 e. The van der Waals surface area contributed by atoms with E-state index in [0.717, 1.165) is 22.1 Å². The molecule has 1 amide bonds. The first kappa shape index (κ1) is 13.8. The predicted octanol–water partition coefficient (Wildman–Crippen LogP) is 2.70. The Morgan fingerprint density at radius 3 is 2.76 bits per heavy atom. The number of nitrogens with one attached hydrogen (secondary N) is 1. The third kappa shape index (κ3) is 2.81. The SMILES string of the molecule is CSc1cnn(-c2ccccc2)c1NC(=O)c1cnns1. The summed E-state index contributed by atoms with van der Waals surface area (Å²) in [7, 11) is 0. The summed E-state index contributed by atoms with van der Waals surface area (Å²) in [5.41, 5.74) is 0.885. The van der Waals surface area contributed by atoms with E-state index in [1.54, 1.807) is 10.9 Å². The van der Waals surface area contributed by atoms with E-state index < -0.39 is 0 Å². The maximum Gasteiger partial charge on any atom is 0.270 e. The first-order valence-electron chi connectivity index (χ1n) is 6.05. The third-order valence-corrected chi connectivity index (χ3v) is 4.18. The number of hydrogen-bond acceptors (Lipinski definition) is 6. The molecule has 3 aromatic rings. The van der Waals surface area contributed by atoms with Gasteiger partial charge in [0.2, 0.25) is 0 Å². The minimum absolute atomic E-state index is 0.238. The molecule has 8 heteroatoms. The van der Waals surface area contributed by atoms with Crippen molar-refractivity contribution in [1.29, 1.82) is 0 Å². The second kappa shape index (κ2) is 6.06. The number of thioether (sulfide) groups is 1. The first-order chi connectivity index (χ1) is 10.3. The summed E-state index contributed by atoms with van der Waals surface area (Å²) in [5, 5.41) is 10.9. The second-order valence-electron chi connectivity index (χ2n) is 4.04. The number of nitrogens with zero attached hydrogens (tertiary/aromatic N) is 4. The van der Waals surface area contributed by atoms with Crippen molar-refractivity contribution in [3.63, 3.8) is 0 Å². The minimum atomic E-state index is -0.238. The number of carbonyl (C=O) groups excluding carboxylic acids is 1. The van der Waals surface area contributed by atoms with Crippen molar-refractivity contribution in [2.45, 2.75) is 4.90 Å². The summed E-state index contributed by atoms with van der Waals surface area (Å²) in [4.78, 5) is 13.5. The quantitative estimate of drug-likeness (QED) is 0.749. The molecule has 6 nitrogen and oxygen atoms in total. The van der Waals surface area contributed by atoms with Gasteiger partial charge in [-0.1, -0.05) is 22.7 Å². The molecule has 0 radical (unpaired) electrons. The Morgan fingerprint density at radius 1 is 1.29 bits per heavy atom. The standard InChI is InChI=1S/C13H11N5OS2/c1-20-10-8-15-18(9-5-3-2-4-6-9)12(10)16-13(19)11-7-14-17-21-11/h2-8H,1H3,(H,16,19). The zero-order valence-electron chi connectivity index (χ0n) is 11.1. The second-order valence-corrected chi connectivity index (χ2v) is 5.68. The van der Waals surface area contributed by atoms with Crippen molar-refractivity contribution in [3.8, 4) is 5.69 Å². The van der Waals surface area contributed by atoms with Gasteiger partial charge in [-0.15, -0.1) is 16.9 Å². The fourth-order valence-corrected chi connectivity index (χ4v) is 2.69. The Labute approximate surface area is 129 Å². The van der Waals surface area contributed by atoms with E-state index in [9.17, 15) is 4.79 Å². The van der Waals surface area contributed by atoms with E-state index in [1.165, 1.54) is 18.0 Å². The zero-order valence-corrected chi connectivity index (χ0v) is 12.7. The van der Waals surface area contributed by atoms with Crippen LogP contribution in [0.15, 0.2) is 47.6 Å². The van der Waals surface area contributed by atoms with Crippen LogP contribution in [0, 0.1) is 0 Å². The molecule has 3 rings (SSSR count). The van der Waals surface area contributed by atoms with Gasteiger partial charge in [0.05, 0.1) is 23.0 Å². The van der Waals surface area contributed by atoms with E-state index in [1.807, 2.05) is 36.6 Å². The van der Waals surface area contributed by atoms with E-state index in [0.29, 0.717) is 10.7 Å². The molecule has 0 atom stereocenters. The third-order valence-electron chi connectivity index (χ3n) is 2.77. The van der Waals surface area contributed by atoms with Crippen molar-refractivity contribution in [2.75, 3.05) is 11.6 Å². The van der Waals surface area contributed by atoms with Crippen LogP contribution >= 0.6 is 23.3 Å². The lowest BCUT2D eigenvalue weighted by atomic mass is 10.3. The Kier molecular flexibility index (Phi) is 3.98. The molecular weight excluding hydrogens is 306 g/mol. The Bertz CT molecular complexity index is 739. The normalized spacial score (nSPS) is 10.5. The van der Waals surface area contributed by atoms with Crippen molar-refractivity contribution in [3.05, 3.63) is 47.6 Å². The molecule has 0 aliphatic heterocycles. The lowest BCUT2D eigenvalue weighted by Gasteiger charge is -2.09. The molecule has 0 aliphatic carbocycles. The predicted molar refractivity (Wildman–Crippen MR) is 83.2 cm³/mol. The average molecular weight is 317 g/mol. The van der Waals surface area contributed by atoms with Crippen LogP contribution in [0.25, 0.3) is 5.69 Å². The molecule has 0 bridgehead atoms. The van der Waals surface area contributed by atoms with Gasteiger partial charge >= 0.3 is 0 Å². The summed E-state index contributed by atoms with van der Waals surface area (Å²) in [6.07, 6.45) is 5.12. The maximum atomic E-state index is 12.2. The van der Waals surface area contributed by atoms with Crippen LogP contribution in [-0.4, -0.2) is 31.5 Å². The summed E-state index contributed by atoms with van der Waals surface area (Å²) >= 11 is 2.58. The molecule has 0 spiro atoms. The molecule has 0 aliphatic rings. The molecular formula is C13H11N5OS2. The van der Waals surface area contributed by atoms with Gasteiger partial charge in [-0.25, -0.2) is 4.68 Å². The summed E-state index contributed by atoms with van der Waals surface area (Å²) in [6, 6.07) is 9.65. The number of aromatic nitrogens is 4. The van der Waals surface area contributed by atoms with Crippen molar-refractivity contribution >= 4 is 35.0 Å². The molecule has 0 unspecified atom stereocenters. The molecule has 0 fully saturated rings. The van der Waals surface area contributed by atoms with Gasteiger partial charge in [-0.05, 0) is 29.9 Å². The Morgan fingerprint density at radius 2 is 2.10 bits per heavy atom. The number of para-hydroxylation sites is 1. The Balaban J connectivity index is 1.97. The smallest absolute Gasteiger partial charge is 0.270 e. The van der Waals surface area contributed by atoms with Crippen LogP contribution in [0.5, 0.6) is 0 Å². The van der Waals surface area contributed by atoms with E-state index in [-0.39, 0.29) is 5.91 Å². The lowest BCUT2D eigenvalue weighted by Crippen LogP contribution is -2.14. The fourth-order valence-electron chi connectivity index (χ4n) is 1.80. The fraction of sp³-hybridized carbons (Fsp3) is 0.0769. The van der Waals surface area contributed by atoms with Gasteiger partial charge in [0.1, 0.15) is 10.7 Å². The molecule has 2 heterocycles. The van der Waals surface area contributed by atoms with E-state index >= 15 is 0 Å². The van der Waals surface area contributed by atoms with E-state index in [4.69, 9.17) is 0 Å². The highest BCUT2D eigenvalue weighted by atomic mass is 32.2. The van der Waals surface area contributed by atoms with Crippen LogP contribution in [0.3, 0.4) is 0 Å². The topological polar surface area (TPSA) is 72.7 Å². The van der Waals surface area contributed by atoms with Gasteiger partial charge in [0.25, 0.3) is 5.91 Å². The molecule has 106 valence electrons. The molecule has 21 heavy (non-hydrogen) atoms. The van der Waals surface area contributed by atoms with Gasteiger partial charge in [-0.2, -0.15) is 5.10 Å². The number of carbonyl (C=O) groups is 1. The van der Waals surface area contributed by atoms with Crippen LogP contribution in [-0.2, 0) is 0 Å². The molecule has 0 saturated heterocycles. The van der Waals surface area contributed by atoms with Crippen molar-refractivity contribution in [1.82, 2.24) is 19.4 Å². The van der Waals surface area contributed by atoms with Gasteiger partial charge in [0.15, 0.2) is 0 Å². The van der Waals surface area contributed by atoms with Crippen LogP contribution in [0.4, 0.5) is 5.82 Å². The molecule has 0 saturated carbocycles. The number of benzene rings is 1. The van der Waals surface area contributed by atoms with Crippen LogP contribution in [0.1, 0.15) is 9.67 Å². The molecule has 1 N–H and O–H groups in total. The van der Waals surface area contributed by atoms with Crippen LogP contribution in [0.2, 0.25) is 0 Å². The van der Waals surface area contributed by atoms with Gasteiger partial charge in [0, 0.05) is 0 Å². The Hall–Kier alpha value is -2.19. The number of amides is 1. The number of anilines is 1. The number of hydrogen-bond donors (Lipinski definition) is 1. The maximum absolute atomic E-state index is 12.2. The van der Waals surface area contributed by atoms with Crippen LogP contribution < -0.4 is 5.32 Å². The highest BCUT2D eigenvalue weighted by Crippen LogP contribution is 2.28. The number of rotatable bonds is 4. The lowest BCUT2D eigenvalue weighted by molar-refractivity contribution is 0.102. The highest BCUT2D eigenvalue weighted by molar-refractivity contribution is 7.98. The van der Waals surface area contributed by atoms with Gasteiger partial charge in [-0.3, -0.25) is 4.79 Å². The average Bonchev–Trinajstić information content (AvgIpc) is 3.17. The van der Waals surface area contributed by atoms with Crippen molar-refractivity contribution in [2.24, 2.45) is 0 Å². The summed E-state index contributed by atoms with van der Waals surface area (Å²) in [5.74, 6) is 0.407. The monoisotopic (exact) mass is 317 g/mol. The zero-order chi connectivity index (χ0) is 14.7.